The lowest BCUT2D eigenvalue weighted by atomic mass is 9.97. The van der Waals surface area contributed by atoms with Gasteiger partial charge in [-0.2, -0.15) is 13.2 Å². The summed E-state index contributed by atoms with van der Waals surface area (Å²) in [6.07, 6.45) is -4.08. The number of carbonyl (C=O) groups is 2. The van der Waals surface area contributed by atoms with E-state index in [2.05, 4.69) is 0 Å². The van der Waals surface area contributed by atoms with Gasteiger partial charge in [-0.15, -0.1) is 0 Å². The zero-order chi connectivity index (χ0) is 23.2. The van der Waals surface area contributed by atoms with E-state index in [0.29, 0.717) is 23.8 Å². The Morgan fingerprint density at radius 2 is 1.87 bits per heavy atom. The van der Waals surface area contributed by atoms with Crippen LogP contribution in [0, 0.1) is 12.8 Å². The Bertz CT molecular complexity index is 939. The quantitative estimate of drug-likeness (QED) is 0.600. The van der Waals surface area contributed by atoms with E-state index in [1.807, 2.05) is 24.3 Å². The highest BCUT2D eigenvalue weighted by Gasteiger charge is 2.38. The Hall–Kier alpha value is -3.27. The molecular weight excluding hydrogens is 419 g/mol. The predicted molar refractivity (Wildman–Crippen MR) is 106 cm³/mol. The molecule has 1 fully saturated rings. The SMILES string of the molecule is Cc1c(N)cc(-c2ccccc2OCC2CCOC2)cc1C(=O)O.O=C(O)C(F)(F)F. The maximum Gasteiger partial charge on any atom is 0.490 e. The summed E-state index contributed by atoms with van der Waals surface area (Å²) in [5.74, 6) is -2.62. The van der Waals surface area contributed by atoms with Crippen LogP contribution in [0.25, 0.3) is 11.1 Å². The number of hydrogen-bond donors (Lipinski definition) is 3. The van der Waals surface area contributed by atoms with E-state index in [0.717, 1.165) is 36.5 Å². The van der Waals surface area contributed by atoms with Gasteiger partial charge in [0.05, 0.1) is 18.8 Å². The van der Waals surface area contributed by atoms with Gasteiger partial charge in [0.2, 0.25) is 0 Å². The predicted octanol–water partition coefficient (Wildman–Crippen LogP) is 3.99. The third-order valence-electron chi connectivity index (χ3n) is 4.62. The van der Waals surface area contributed by atoms with E-state index in [9.17, 15) is 23.1 Å². The number of rotatable bonds is 5. The number of alkyl halides is 3. The van der Waals surface area contributed by atoms with Crippen molar-refractivity contribution in [2.24, 2.45) is 5.92 Å². The van der Waals surface area contributed by atoms with Gasteiger partial charge in [-0.05, 0) is 42.7 Å². The van der Waals surface area contributed by atoms with E-state index >= 15 is 0 Å². The van der Waals surface area contributed by atoms with Crippen LogP contribution in [0.3, 0.4) is 0 Å². The smallest absolute Gasteiger partial charge is 0.490 e. The van der Waals surface area contributed by atoms with Gasteiger partial charge in [-0.3, -0.25) is 0 Å². The molecule has 168 valence electrons. The summed E-state index contributed by atoms with van der Waals surface area (Å²) in [5.41, 5.74) is 8.83. The van der Waals surface area contributed by atoms with Crippen molar-refractivity contribution >= 4 is 17.6 Å². The second-order valence-corrected chi connectivity index (χ2v) is 6.88. The number of benzene rings is 2. The van der Waals surface area contributed by atoms with Crippen LogP contribution in [0.4, 0.5) is 18.9 Å². The molecule has 31 heavy (non-hydrogen) atoms. The van der Waals surface area contributed by atoms with Crippen molar-refractivity contribution in [1.82, 2.24) is 0 Å². The van der Waals surface area contributed by atoms with E-state index in [1.54, 1.807) is 19.1 Å². The van der Waals surface area contributed by atoms with Gasteiger partial charge in [0.15, 0.2) is 0 Å². The normalized spacial score (nSPS) is 15.7. The highest BCUT2D eigenvalue weighted by atomic mass is 19.4. The van der Waals surface area contributed by atoms with Crippen LogP contribution in [0.1, 0.15) is 22.3 Å². The fraction of sp³-hybridized carbons (Fsp3) is 0.333. The van der Waals surface area contributed by atoms with Crippen LogP contribution < -0.4 is 10.5 Å². The topological polar surface area (TPSA) is 119 Å². The van der Waals surface area contributed by atoms with Crippen LogP contribution >= 0.6 is 0 Å². The minimum absolute atomic E-state index is 0.212. The highest BCUT2D eigenvalue weighted by molar-refractivity contribution is 5.93. The number of aliphatic carboxylic acids is 1. The molecule has 0 radical (unpaired) electrons. The van der Waals surface area contributed by atoms with Gasteiger partial charge < -0.3 is 25.4 Å². The van der Waals surface area contributed by atoms with Crippen molar-refractivity contribution in [3.8, 4) is 16.9 Å². The molecule has 0 bridgehead atoms. The number of hydrogen-bond acceptors (Lipinski definition) is 5. The minimum atomic E-state index is -5.08. The lowest BCUT2D eigenvalue weighted by Crippen LogP contribution is -2.21. The van der Waals surface area contributed by atoms with Crippen LogP contribution in [0.2, 0.25) is 0 Å². The van der Waals surface area contributed by atoms with Crippen LogP contribution in [-0.4, -0.2) is 48.1 Å². The van der Waals surface area contributed by atoms with Crippen LogP contribution in [-0.2, 0) is 9.53 Å². The third kappa shape index (κ3) is 6.61. The number of nitrogens with two attached hydrogens (primary N) is 1. The molecule has 1 unspecified atom stereocenters. The summed E-state index contributed by atoms with van der Waals surface area (Å²) in [7, 11) is 0. The number of ether oxygens (including phenoxy) is 2. The first kappa shape index (κ1) is 24.0. The van der Waals surface area contributed by atoms with E-state index in [-0.39, 0.29) is 5.56 Å². The molecule has 7 nitrogen and oxygen atoms in total. The van der Waals surface area contributed by atoms with Gasteiger partial charge in [0.1, 0.15) is 5.75 Å². The van der Waals surface area contributed by atoms with E-state index < -0.39 is 18.1 Å². The number of carboxylic acids is 2. The molecule has 0 aliphatic carbocycles. The van der Waals surface area contributed by atoms with Crippen molar-refractivity contribution in [3.63, 3.8) is 0 Å². The first-order chi connectivity index (χ1) is 14.5. The second-order valence-electron chi connectivity index (χ2n) is 6.88. The molecule has 0 spiro atoms. The average molecular weight is 441 g/mol. The second kappa shape index (κ2) is 10.2. The van der Waals surface area contributed by atoms with Crippen molar-refractivity contribution in [1.29, 1.82) is 0 Å². The molecule has 2 aromatic rings. The first-order valence-corrected chi connectivity index (χ1v) is 9.24. The molecule has 2 aromatic carbocycles. The van der Waals surface area contributed by atoms with Gasteiger partial charge >= 0.3 is 18.1 Å². The maximum atomic E-state index is 11.4. The Kier molecular flexibility index (Phi) is 7.87. The molecule has 0 amide bonds. The molecule has 1 aliphatic heterocycles. The molecule has 1 heterocycles. The minimum Gasteiger partial charge on any atom is -0.493 e. The molecule has 0 saturated carbocycles. The number of halogens is 3. The van der Waals surface area contributed by atoms with Crippen LogP contribution in [0.15, 0.2) is 36.4 Å². The Labute approximate surface area is 176 Å². The number of anilines is 1. The van der Waals surface area contributed by atoms with Gasteiger partial charge in [0, 0.05) is 23.8 Å². The molecule has 10 heteroatoms. The van der Waals surface area contributed by atoms with E-state index in [4.69, 9.17) is 25.1 Å². The Balaban J connectivity index is 0.000000423. The monoisotopic (exact) mass is 441 g/mol. The fourth-order valence-electron chi connectivity index (χ4n) is 2.87. The zero-order valence-electron chi connectivity index (χ0n) is 16.6. The summed E-state index contributed by atoms with van der Waals surface area (Å²) in [6.45, 7) is 3.81. The Morgan fingerprint density at radius 3 is 2.42 bits per heavy atom. The molecule has 3 rings (SSSR count). The highest BCUT2D eigenvalue weighted by Crippen LogP contribution is 2.34. The molecule has 1 atom stereocenters. The molecular formula is C21H22F3NO6. The summed E-state index contributed by atoms with van der Waals surface area (Å²) in [4.78, 5) is 20.3. The lowest BCUT2D eigenvalue weighted by Gasteiger charge is -2.15. The van der Waals surface area contributed by atoms with Gasteiger partial charge in [0.25, 0.3) is 0 Å². The molecule has 1 saturated heterocycles. The van der Waals surface area contributed by atoms with Crippen molar-refractivity contribution in [2.75, 3.05) is 25.6 Å². The fourth-order valence-corrected chi connectivity index (χ4v) is 2.87. The van der Waals surface area contributed by atoms with Gasteiger partial charge in [-0.25, -0.2) is 9.59 Å². The average Bonchev–Trinajstić information content (AvgIpc) is 3.22. The van der Waals surface area contributed by atoms with E-state index in [1.165, 1.54) is 0 Å². The molecule has 1 aliphatic rings. The largest absolute Gasteiger partial charge is 0.493 e. The van der Waals surface area contributed by atoms with Crippen molar-refractivity contribution in [2.45, 2.75) is 19.5 Å². The number of carboxylic acid groups (broad SMARTS) is 2. The number of aromatic carboxylic acids is 1. The molecule has 0 aromatic heterocycles. The Morgan fingerprint density at radius 1 is 1.23 bits per heavy atom. The lowest BCUT2D eigenvalue weighted by molar-refractivity contribution is -0.192. The summed E-state index contributed by atoms with van der Waals surface area (Å²) in [6, 6.07) is 11.0. The number of nitrogen functional groups attached to an aromatic ring is 1. The number of para-hydroxylation sites is 1. The summed E-state index contributed by atoms with van der Waals surface area (Å²) < 4.78 is 43.1. The third-order valence-corrected chi connectivity index (χ3v) is 4.62. The standard InChI is InChI=1S/C19H21NO4.C2HF3O2/c1-12-16(19(21)22)8-14(9-17(12)20)15-4-2-3-5-18(15)24-11-13-6-7-23-10-13;3-2(4,5)1(6)7/h2-5,8-9,13H,6-7,10-11,20H2,1H3,(H,21,22);(H,6,7). The molecule has 4 N–H and O–H groups in total. The van der Waals surface area contributed by atoms with Crippen molar-refractivity contribution in [3.05, 3.63) is 47.5 Å². The summed E-state index contributed by atoms with van der Waals surface area (Å²) >= 11 is 0. The van der Waals surface area contributed by atoms with Crippen molar-refractivity contribution < 1.29 is 42.4 Å². The first-order valence-electron chi connectivity index (χ1n) is 9.24. The summed E-state index contributed by atoms with van der Waals surface area (Å²) in [5, 5.41) is 16.5. The maximum absolute atomic E-state index is 11.4. The van der Waals surface area contributed by atoms with Gasteiger partial charge in [-0.1, -0.05) is 18.2 Å². The van der Waals surface area contributed by atoms with Crippen LogP contribution in [0.5, 0.6) is 5.75 Å². The zero-order valence-corrected chi connectivity index (χ0v) is 16.6.